The molecule has 2 N–H and O–H groups in total. The summed E-state index contributed by atoms with van der Waals surface area (Å²) in [4.78, 5) is 3.35. The summed E-state index contributed by atoms with van der Waals surface area (Å²) in [5.41, 5.74) is 5.61. The zero-order chi connectivity index (χ0) is 7.72. The van der Waals surface area contributed by atoms with Crippen molar-refractivity contribution in [2.75, 3.05) is 5.73 Å². The van der Waals surface area contributed by atoms with Crippen molar-refractivity contribution in [1.29, 1.82) is 0 Å². The highest BCUT2D eigenvalue weighted by Gasteiger charge is 2.02. The third kappa shape index (κ3) is 1.19. The Kier molecular flexibility index (Phi) is 1.76. The quantitative estimate of drug-likeness (QED) is 0.588. The molecule has 0 saturated heterocycles. The van der Waals surface area contributed by atoms with E-state index in [-0.39, 0.29) is 5.82 Å². The molecule has 1 aromatic heterocycles. The normalized spacial score (nSPS) is 9.90. The molecule has 0 radical (unpaired) electrons. The summed E-state index contributed by atoms with van der Waals surface area (Å²) in [5, 5.41) is 0.291. The van der Waals surface area contributed by atoms with Crippen LogP contribution in [0.15, 0.2) is 6.07 Å². The van der Waals surface area contributed by atoms with Crippen LogP contribution in [0.3, 0.4) is 0 Å². The molecule has 0 bridgehead atoms. The molecule has 0 amide bonds. The van der Waals surface area contributed by atoms with E-state index in [1.807, 2.05) is 0 Å². The topological polar surface area (TPSA) is 38.9 Å². The minimum Gasteiger partial charge on any atom is -0.382 e. The maximum absolute atomic E-state index is 12.5. The van der Waals surface area contributed by atoms with Crippen molar-refractivity contribution in [1.82, 2.24) is 4.98 Å². The number of hydrogen-bond acceptors (Lipinski definition) is 2. The van der Waals surface area contributed by atoms with Crippen molar-refractivity contribution in [3.63, 3.8) is 0 Å². The lowest BCUT2D eigenvalue weighted by Crippen LogP contribution is -1.96. The van der Waals surface area contributed by atoms with Crippen LogP contribution in [0.25, 0.3) is 0 Å². The van der Waals surface area contributed by atoms with Gasteiger partial charge in [0.1, 0.15) is 5.82 Å². The number of rotatable bonds is 0. The molecule has 4 heteroatoms. The average Bonchev–Trinajstić information content (AvgIpc) is 1.84. The number of anilines is 1. The molecule has 0 aliphatic heterocycles. The SMILES string of the molecule is Cc1cc(Cl)c(N)nc1F. The fourth-order valence-electron chi connectivity index (χ4n) is 0.571. The van der Waals surface area contributed by atoms with Gasteiger partial charge in [0.15, 0.2) is 0 Å². The van der Waals surface area contributed by atoms with Crippen LogP contribution in [0, 0.1) is 12.9 Å². The van der Waals surface area contributed by atoms with Crippen molar-refractivity contribution < 1.29 is 4.39 Å². The predicted octanol–water partition coefficient (Wildman–Crippen LogP) is 1.76. The van der Waals surface area contributed by atoms with Crippen molar-refractivity contribution in [2.24, 2.45) is 0 Å². The molecule has 2 nitrogen and oxygen atoms in total. The second kappa shape index (κ2) is 2.42. The number of halogens is 2. The summed E-state index contributed by atoms with van der Waals surface area (Å²) in [6.07, 6.45) is 0. The van der Waals surface area contributed by atoms with Gasteiger partial charge in [-0.2, -0.15) is 4.39 Å². The molecule has 0 spiro atoms. The van der Waals surface area contributed by atoms with Crippen LogP contribution in [0.2, 0.25) is 5.02 Å². The van der Waals surface area contributed by atoms with Crippen LogP contribution in [0.1, 0.15) is 5.56 Å². The lowest BCUT2D eigenvalue weighted by Gasteiger charge is -1.98. The highest BCUT2D eigenvalue weighted by Crippen LogP contribution is 2.18. The first kappa shape index (κ1) is 7.28. The van der Waals surface area contributed by atoms with Gasteiger partial charge in [0.05, 0.1) is 5.02 Å². The molecule has 10 heavy (non-hydrogen) atoms. The summed E-state index contributed by atoms with van der Waals surface area (Å²) < 4.78 is 12.5. The van der Waals surface area contributed by atoms with Gasteiger partial charge in [0.25, 0.3) is 0 Å². The molecule has 0 aliphatic carbocycles. The number of aromatic nitrogens is 1. The Morgan fingerprint density at radius 3 is 2.80 bits per heavy atom. The summed E-state index contributed by atoms with van der Waals surface area (Å²) in [6, 6.07) is 1.44. The number of aryl methyl sites for hydroxylation is 1. The molecule has 0 fully saturated rings. The zero-order valence-electron chi connectivity index (χ0n) is 5.36. The lowest BCUT2D eigenvalue weighted by molar-refractivity contribution is 0.576. The van der Waals surface area contributed by atoms with Gasteiger partial charge in [-0.05, 0) is 13.0 Å². The number of pyridine rings is 1. The van der Waals surface area contributed by atoms with Gasteiger partial charge in [-0.25, -0.2) is 4.98 Å². The van der Waals surface area contributed by atoms with E-state index in [1.54, 1.807) is 6.92 Å². The van der Waals surface area contributed by atoms with E-state index < -0.39 is 5.95 Å². The highest BCUT2D eigenvalue weighted by molar-refractivity contribution is 6.32. The Bertz CT molecular complexity index is 212. The van der Waals surface area contributed by atoms with Gasteiger partial charge in [0.2, 0.25) is 5.95 Å². The zero-order valence-corrected chi connectivity index (χ0v) is 6.11. The molecule has 1 aromatic rings. The summed E-state index contributed by atoms with van der Waals surface area (Å²) in [6.45, 7) is 1.58. The third-order valence-electron chi connectivity index (χ3n) is 1.13. The minimum atomic E-state index is -0.568. The van der Waals surface area contributed by atoms with E-state index in [0.717, 1.165) is 0 Å². The van der Waals surface area contributed by atoms with Gasteiger partial charge in [0, 0.05) is 5.56 Å². The monoisotopic (exact) mass is 160 g/mol. The molecule has 0 aliphatic rings. The molecular weight excluding hydrogens is 155 g/mol. The Balaban J connectivity index is 3.28. The molecule has 1 rings (SSSR count). The second-order valence-corrected chi connectivity index (χ2v) is 2.37. The van der Waals surface area contributed by atoms with Crippen LogP contribution in [0.4, 0.5) is 10.2 Å². The number of nitrogens with zero attached hydrogens (tertiary/aromatic N) is 1. The van der Waals surface area contributed by atoms with Crippen molar-refractivity contribution in [3.8, 4) is 0 Å². The van der Waals surface area contributed by atoms with E-state index in [0.29, 0.717) is 10.6 Å². The summed E-state index contributed by atoms with van der Waals surface area (Å²) in [7, 11) is 0. The lowest BCUT2D eigenvalue weighted by atomic mass is 10.3. The second-order valence-electron chi connectivity index (χ2n) is 1.96. The number of hydrogen-bond donors (Lipinski definition) is 1. The molecule has 0 saturated carbocycles. The molecule has 0 aromatic carbocycles. The van der Waals surface area contributed by atoms with Gasteiger partial charge in [-0.1, -0.05) is 11.6 Å². The summed E-state index contributed by atoms with van der Waals surface area (Å²) in [5.74, 6) is -0.535. The van der Waals surface area contributed by atoms with Gasteiger partial charge >= 0.3 is 0 Å². The Hall–Kier alpha value is -0.830. The average molecular weight is 161 g/mol. The largest absolute Gasteiger partial charge is 0.382 e. The maximum Gasteiger partial charge on any atom is 0.217 e. The van der Waals surface area contributed by atoms with E-state index in [9.17, 15) is 4.39 Å². The highest BCUT2D eigenvalue weighted by atomic mass is 35.5. The third-order valence-corrected chi connectivity index (χ3v) is 1.43. The van der Waals surface area contributed by atoms with Crippen LogP contribution in [-0.2, 0) is 0 Å². The summed E-state index contributed by atoms with van der Waals surface area (Å²) >= 11 is 5.53. The van der Waals surface area contributed by atoms with Crippen molar-refractivity contribution in [2.45, 2.75) is 6.92 Å². The first-order chi connectivity index (χ1) is 4.61. The Morgan fingerprint density at radius 1 is 1.70 bits per heavy atom. The molecule has 0 unspecified atom stereocenters. The molecule has 0 atom stereocenters. The van der Waals surface area contributed by atoms with Crippen molar-refractivity contribution >= 4 is 17.4 Å². The van der Waals surface area contributed by atoms with Crippen LogP contribution >= 0.6 is 11.6 Å². The van der Waals surface area contributed by atoms with Gasteiger partial charge in [-0.15, -0.1) is 0 Å². The first-order valence-corrected chi connectivity index (χ1v) is 3.07. The van der Waals surface area contributed by atoms with E-state index in [4.69, 9.17) is 17.3 Å². The van der Waals surface area contributed by atoms with Crippen molar-refractivity contribution in [3.05, 3.63) is 22.6 Å². The molecule has 1 heterocycles. The number of nitrogen functional groups attached to an aromatic ring is 1. The standard InChI is InChI=1S/C6H6ClFN2/c1-3-2-4(7)6(9)10-5(3)8/h2H,1H3,(H2,9,10). The van der Waals surface area contributed by atoms with E-state index in [2.05, 4.69) is 4.98 Å². The van der Waals surface area contributed by atoms with Crippen LogP contribution < -0.4 is 5.73 Å². The smallest absolute Gasteiger partial charge is 0.217 e. The Labute approximate surface area is 62.8 Å². The van der Waals surface area contributed by atoms with E-state index in [1.165, 1.54) is 6.07 Å². The first-order valence-electron chi connectivity index (χ1n) is 2.69. The maximum atomic E-state index is 12.5. The van der Waals surface area contributed by atoms with E-state index >= 15 is 0 Å². The molecule has 54 valence electrons. The predicted molar refractivity (Wildman–Crippen MR) is 38.4 cm³/mol. The Morgan fingerprint density at radius 2 is 2.30 bits per heavy atom. The van der Waals surface area contributed by atoms with Crippen LogP contribution in [-0.4, -0.2) is 4.98 Å². The minimum absolute atomic E-state index is 0.0322. The molecular formula is C6H6ClFN2. The fourth-order valence-corrected chi connectivity index (χ4v) is 0.777. The number of nitrogens with two attached hydrogens (primary N) is 1. The van der Waals surface area contributed by atoms with Gasteiger partial charge in [-0.3, -0.25) is 0 Å². The fraction of sp³-hybridized carbons (Fsp3) is 0.167. The van der Waals surface area contributed by atoms with Gasteiger partial charge < -0.3 is 5.73 Å². The van der Waals surface area contributed by atoms with Crippen LogP contribution in [0.5, 0.6) is 0 Å².